The number of rotatable bonds is 3. The van der Waals surface area contributed by atoms with Crippen LogP contribution in [0.2, 0.25) is 0 Å². The van der Waals surface area contributed by atoms with Crippen LogP contribution in [0.3, 0.4) is 0 Å². The Kier molecular flexibility index (Phi) is 4.90. The van der Waals surface area contributed by atoms with Crippen LogP contribution in [-0.2, 0) is 0 Å². The molecular weight excluding hydrogens is 354 g/mol. The van der Waals surface area contributed by atoms with E-state index < -0.39 is 0 Å². The first kappa shape index (κ1) is 18.3. The van der Waals surface area contributed by atoms with Gasteiger partial charge >= 0.3 is 0 Å². The predicted octanol–water partition coefficient (Wildman–Crippen LogP) is 3.47. The molecule has 1 aliphatic rings. The second-order valence-corrected chi connectivity index (χ2v) is 7.29. The first-order chi connectivity index (χ1) is 13.5. The Labute approximate surface area is 163 Å². The molecule has 0 aliphatic carbocycles. The van der Waals surface area contributed by atoms with E-state index in [9.17, 15) is 4.79 Å². The second-order valence-electron chi connectivity index (χ2n) is 7.29. The van der Waals surface area contributed by atoms with Crippen LogP contribution in [-0.4, -0.2) is 44.0 Å². The molecule has 2 aromatic heterocycles. The minimum absolute atomic E-state index is 0.0185. The van der Waals surface area contributed by atoms with Crippen LogP contribution in [0, 0.1) is 20.8 Å². The van der Waals surface area contributed by atoms with Gasteiger partial charge in [-0.25, -0.2) is 4.98 Å². The third-order valence-corrected chi connectivity index (χ3v) is 5.08. The Bertz CT molecular complexity index is 1010. The lowest BCUT2D eigenvalue weighted by atomic mass is 9.96. The molecule has 0 N–H and O–H groups in total. The number of carbonyl (C=O) groups is 1. The minimum atomic E-state index is 0.0185. The molecule has 1 aromatic carbocycles. The Morgan fingerprint density at radius 1 is 1.21 bits per heavy atom. The van der Waals surface area contributed by atoms with Crippen molar-refractivity contribution in [1.29, 1.82) is 0 Å². The van der Waals surface area contributed by atoms with Gasteiger partial charge in [0.25, 0.3) is 5.91 Å². The third-order valence-electron chi connectivity index (χ3n) is 5.08. The van der Waals surface area contributed by atoms with Crippen molar-refractivity contribution in [3.63, 3.8) is 0 Å². The number of aryl methyl sites for hydroxylation is 3. The number of hydrogen-bond donors (Lipinski definition) is 0. The van der Waals surface area contributed by atoms with Gasteiger partial charge in [-0.2, -0.15) is 4.98 Å². The van der Waals surface area contributed by atoms with E-state index in [0.29, 0.717) is 23.8 Å². The smallest absolute Gasteiger partial charge is 0.253 e. The molecule has 144 valence electrons. The van der Waals surface area contributed by atoms with E-state index >= 15 is 0 Å². The summed E-state index contributed by atoms with van der Waals surface area (Å²) in [5.74, 6) is 1.38. The molecular formula is C21H23N5O2. The fraction of sp³-hybridized carbons (Fsp3) is 0.381. The van der Waals surface area contributed by atoms with Crippen molar-refractivity contribution in [1.82, 2.24) is 25.0 Å². The minimum Gasteiger partial charge on any atom is -0.340 e. The van der Waals surface area contributed by atoms with Crippen LogP contribution in [0.25, 0.3) is 11.3 Å². The zero-order valence-electron chi connectivity index (χ0n) is 16.3. The van der Waals surface area contributed by atoms with Gasteiger partial charge in [-0.05, 0) is 38.8 Å². The molecule has 0 bridgehead atoms. The summed E-state index contributed by atoms with van der Waals surface area (Å²) in [5, 5.41) is 4.04. The number of benzene rings is 1. The van der Waals surface area contributed by atoms with E-state index in [-0.39, 0.29) is 11.8 Å². The zero-order chi connectivity index (χ0) is 19.7. The molecule has 1 amide bonds. The van der Waals surface area contributed by atoms with Crippen molar-refractivity contribution >= 4 is 5.91 Å². The Morgan fingerprint density at radius 2 is 2.07 bits per heavy atom. The molecule has 0 saturated carbocycles. The lowest BCUT2D eigenvalue weighted by Crippen LogP contribution is -2.39. The third kappa shape index (κ3) is 3.65. The predicted molar refractivity (Wildman–Crippen MR) is 104 cm³/mol. The van der Waals surface area contributed by atoms with Crippen molar-refractivity contribution in [3.05, 3.63) is 59.1 Å². The van der Waals surface area contributed by atoms with E-state index in [2.05, 4.69) is 20.1 Å². The molecule has 4 rings (SSSR count). The normalized spacial score (nSPS) is 17.0. The van der Waals surface area contributed by atoms with E-state index in [1.54, 1.807) is 13.1 Å². The number of piperidine rings is 1. The van der Waals surface area contributed by atoms with Gasteiger partial charge in [0.2, 0.25) is 5.89 Å². The van der Waals surface area contributed by atoms with Gasteiger partial charge in [-0.1, -0.05) is 17.3 Å². The maximum Gasteiger partial charge on any atom is 0.253 e. The van der Waals surface area contributed by atoms with Gasteiger partial charge in [0.05, 0.1) is 17.1 Å². The molecule has 3 aromatic rings. The van der Waals surface area contributed by atoms with Gasteiger partial charge in [-0.15, -0.1) is 0 Å². The van der Waals surface area contributed by atoms with E-state index in [1.807, 2.05) is 43.0 Å². The molecule has 1 unspecified atom stereocenters. The quantitative estimate of drug-likeness (QED) is 0.695. The van der Waals surface area contributed by atoms with Crippen LogP contribution in [0.5, 0.6) is 0 Å². The molecule has 1 aliphatic heterocycles. The van der Waals surface area contributed by atoms with Gasteiger partial charge in [0.1, 0.15) is 0 Å². The standard InChI is InChI=1S/C21H23N5O2/c1-13-11-22-14(2)19(23-13)16-6-4-7-17(10-16)21(27)26-9-5-8-18(12-26)20-24-15(3)28-25-20/h4,6-7,10-11,18H,5,8-9,12H2,1-3H3. The van der Waals surface area contributed by atoms with Gasteiger partial charge in [0, 0.05) is 43.3 Å². The summed E-state index contributed by atoms with van der Waals surface area (Å²) >= 11 is 0. The Balaban J connectivity index is 1.57. The monoisotopic (exact) mass is 377 g/mol. The highest BCUT2D eigenvalue weighted by Gasteiger charge is 2.28. The fourth-order valence-corrected chi connectivity index (χ4v) is 3.65. The Morgan fingerprint density at radius 3 is 2.86 bits per heavy atom. The molecule has 0 spiro atoms. The van der Waals surface area contributed by atoms with Crippen LogP contribution in [0.4, 0.5) is 0 Å². The lowest BCUT2D eigenvalue weighted by molar-refractivity contribution is 0.0703. The average Bonchev–Trinajstić information content (AvgIpc) is 3.16. The summed E-state index contributed by atoms with van der Waals surface area (Å²) in [6, 6.07) is 7.62. The van der Waals surface area contributed by atoms with Crippen LogP contribution in [0.15, 0.2) is 35.0 Å². The summed E-state index contributed by atoms with van der Waals surface area (Å²) in [5.41, 5.74) is 4.08. The summed E-state index contributed by atoms with van der Waals surface area (Å²) in [7, 11) is 0. The van der Waals surface area contributed by atoms with Crippen molar-refractivity contribution in [2.24, 2.45) is 0 Å². The number of carbonyl (C=O) groups excluding carboxylic acids is 1. The first-order valence-corrected chi connectivity index (χ1v) is 9.51. The molecule has 7 nitrogen and oxygen atoms in total. The maximum atomic E-state index is 13.1. The van der Waals surface area contributed by atoms with Crippen LogP contribution in [0.1, 0.15) is 52.2 Å². The number of hydrogen-bond acceptors (Lipinski definition) is 6. The van der Waals surface area contributed by atoms with Gasteiger partial charge in [0.15, 0.2) is 5.82 Å². The topological polar surface area (TPSA) is 85.0 Å². The van der Waals surface area contributed by atoms with Gasteiger partial charge in [-0.3, -0.25) is 9.78 Å². The average molecular weight is 377 g/mol. The highest BCUT2D eigenvalue weighted by atomic mass is 16.5. The van der Waals surface area contributed by atoms with Crippen LogP contribution >= 0.6 is 0 Å². The highest BCUT2D eigenvalue weighted by Crippen LogP contribution is 2.27. The number of nitrogens with zero attached hydrogens (tertiary/aromatic N) is 5. The van der Waals surface area contributed by atoms with Crippen LogP contribution < -0.4 is 0 Å². The van der Waals surface area contributed by atoms with E-state index in [1.165, 1.54) is 0 Å². The van der Waals surface area contributed by atoms with Crippen molar-refractivity contribution in [2.45, 2.75) is 39.5 Å². The maximum absolute atomic E-state index is 13.1. The van der Waals surface area contributed by atoms with Crippen molar-refractivity contribution in [3.8, 4) is 11.3 Å². The van der Waals surface area contributed by atoms with E-state index in [4.69, 9.17) is 4.52 Å². The first-order valence-electron chi connectivity index (χ1n) is 9.51. The molecule has 1 atom stereocenters. The number of aromatic nitrogens is 4. The SMILES string of the molecule is Cc1cnc(C)c(-c2cccc(C(=O)N3CCCC(c4noc(C)n4)C3)c2)n1. The second kappa shape index (κ2) is 7.50. The fourth-order valence-electron chi connectivity index (χ4n) is 3.65. The molecule has 3 heterocycles. The Hall–Kier alpha value is -3.09. The largest absolute Gasteiger partial charge is 0.340 e. The molecule has 0 radical (unpaired) electrons. The highest BCUT2D eigenvalue weighted by molar-refractivity contribution is 5.95. The number of amides is 1. The van der Waals surface area contributed by atoms with Crippen molar-refractivity contribution in [2.75, 3.05) is 13.1 Å². The van der Waals surface area contributed by atoms with Crippen molar-refractivity contribution < 1.29 is 9.32 Å². The summed E-state index contributed by atoms with van der Waals surface area (Å²) in [6.07, 6.45) is 3.63. The molecule has 1 saturated heterocycles. The molecule has 1 fully saturated rings. The summed E-state index contributed by atoms with van der Waals surface area (Å²) in [4.78, 5) is 28.3. The summed E-state index contributed by atoms with van der Waals surface area (Å²) < 4.78 is 5.11. The molecule has 28 heavy (non-hydrogen) atoms. The van der Waals surface area contributed by atoms with Gasteiger partial charge < -0.3 is 9.42 Å². The molecule has 7 heteroatoms. The number of likely N-dealkylation sites (tertiary alicyclic amines) is 1. The lowest BCUT2D eigenvalue weighted by Gasteiger charge is -2.31. The summed E-state index contributed by atoms with van der Waals surface area (Å²) in [6.45, 7) is 6.96. The van der Waals surface area contributed by atoms with E-state index in [0.717, 1.165) is 42.0 Å². The zero-order valence-corrected chi connectivity index (χ0v) is 16.3.